The van der Waals surface area contributed by atoms with Gasteiger partial charge in [0.2, 0.25) is 28.6 Å². The number of carbonyl (C=O) groups excluding carboxylic acids is 2. The lowest BCUT2D eigenvalue weighted by molar-refractivity contribution is -0.140. The molecule has 0 aromatic heterocycles. The van der Waals surface area contributed by atoms with Gasteiger partial charge in [0.15, 0.2) is 11.5 Å². The van der Waals surface area contributed by atoms with Crippen LogP contribution < -0.4 is 19.1 Å². The van der Waals surface area contributed by atoms with E-state index in [9.17, 15) is 18.0 Å². The number of rotatable bonds is 12. The number of hydrogen-bond donors (Lipinski definition) is 1. The number of benzene rings is 3. The molecule has 9 nitrogen and oxygen atoms in total. The highest BCUT2D eigenvalue weighted by atomic mass is 35.5. The molecule has 3 aromatic carbocycles. The molecular weight excluding hydrogens is 601 g/mol. The predicted octanol–water partition coefficient (Wildman–Crippen LogP) is 5.04. The molecule has 42 heavy (non-hydrogen) atoms. The SMILES string of the molecule is CCS(=O)(=O)N(CC(=O)N(Cc1ccc(Cl)cc1Cl)[C@@H](Cc1ccccc1)C(=O)NC(C)C)c1ccc2c(c1)OCO2. The fraction of sp³-hybridized carbons (Fsp3) is 0.333. The molecule has 1 aliphatic heterocycles. The third-order valence-electron chi connectivity index (χ3n) is 6.68. The lowest BCUT2D eigenvalue weighted by Gasteiger charge is -2.34. The molecule has 0 fully saturated rings. The van der Waals surface area contributed by atoms with Crippen LogP contribution in [0.15, 0.2) is 66.7 Å². The maximum Gasteiger partial charge on any atom is 0.244 e. The first-order valence-corrected chi connectivity index (χ1v) is 15.8. The van der Waals surface area contributed by atoms with Crippen LogP contribution in [0.25, 0.3) is 0 Å². The second kappa shape index (κ2) is 13.7. The molecule has 0 bridgehead atoms. The Morgan fingerprint density at radius 3 is 2.36 bits per heavy atom. The number of hydrogen-bond acceptors (Lipinski definition) is 6. The zero-order chi connectivity index (χ0) is 30.4. The molecular formula is C30H33Cl2N3O6S. The Hall–Kier alpha value is -3.47. The fourth-order valence-corrected chi connectivity index (χ4v) is 6.05. The zero-order valence-electron chi connectivity index (χ0n) is 23.5. The highest BCUT2D eigenvalue weighted by Gasteiger charge is 2.34. The first kappa shape index (κ1) is 31.5. The highest BCUT2D eigenvalue weighted by molar-refractivity contribution is 7.92. The van der Waals surface area contributed by atoms with Gasteiger partial charge in [0.25, 0.3) is 0 Å². The first-order chi connectivity index (χ1) is 20.0. The number of ether oxygens (including phenoxy) is 2. The number of sulfonamides is 1. The maximum atomic E-state index is 14.2. The zero-order valence-corrected chi connectivity index (χ0v) is 25.9. The number of anilines is 1. The van der Waals surface area contributed by atoms with E-state index in [4.69, 9.17) is 32.7 Å². The van der Waals surface area contributed by atoms with E-state index in [0.717, 1.165) is 9.87 Å². The van der Waals surface area contributed by atoms with Gasteiger partial charge < -0.3 is 19.7 Å². The van der Waals surface area contributed by atoms with Crippen molar-refractivity contribution in [1.29, 1.82) is 0 Å². The standard InChI is InChI=1S/C30H33Cl2N3O6S/c1-4-42(38,39)35(24-12-13-27-28(16-24)41-19-40-27)18-29(36)34(17-22-10-11-23(31)15-25(22)32)26(30(37)33-20(2)3)14-21-8-6-5-7-9-21/h5-13,15-16,20,26H,4,14,17-19H2,1-3H3,(H,33,37)/t26-/m0/s1. The maximum absolute atomic E-state index is 14.2. The molecule has 224 valence electrons. The summed E-state index contributed by atoms with van der Waals surface area (Å²) in [5.41, 5.74) is 1.62. The lowest BCUT2D eigenvalue weighted by Crippen LogP contribution is -2.54. The summed E-state index contributed by atoms with van der Waals surface area (Å²) in [5.74, 6) is -0.361. The van der Waals surface area contributed by atoms with E-state index in [-0.39, 0.29) is 43.1 Å². The average Bonchev–Trinajstić information content (AvgIpc) is 3.42. The van der Waals surface area contributed by atoms with Gasteiger partial charge in [-0.1, -0.05) is 59.6 Å². The van der Waals surface area contributed by atoms with E-state index >= 15 is 0 Å². The van der Waals surface area contributed by atoms with Crippen molar-refractivity contribution in [3.05, 3.63) is 87.9 Å². The molecule has 2 amide bonds. The number of fused-ring (bicyclic) bond motifs is 1. The van der Waals surface area contributed by atoms with Gasteiger partial charge in [-0.05, 0) is 56.2 Å². The Morgan fingerprint density at radius 2 is 1.69 bits per heavy atom. The van der Waals surface area contributed by atoms with Gasteiger partial charge >= 0.3 is 0 Å². The van der Waals surface area contributed by atoms with Crippen LogP contribution in [0.5, 0.6) is 11.5 Å². The van der Waals surface area contributed by atoms with Crippen molar-refractivity contribution < 1.29 is 27.5 Å². The van der Waals surface area contributed by atoms with Gasteiger partial charge in [-0.25, -0.2) is 8.42 Å². The number of carbonyl (C=O) groups is 2. The molecule has 0 aliphatic carbocycles. The topological polar surface area (TPSA) is 105 Å². The fourth-order valence-electron chi connectivity index (χ4n) is 4.53. The monoisotopic (exact) mass is 633 g/mol. The van der Waals surface area contributed by atoms with Crippen molar-refractivity contribution in [2.24, 2.45) is 0 Å². The number of nitrogens with zero attached hydrogens (tertiary/aromatic N) is 2. The first-order valence-electron chi connectivity index (χ1n) is 13.5. The third kappa shape index (κ3) is 7.67. The normalized spacial score (nSPS) is 13.1. The van der Waals surface area contributed by atoms with Crippen molar-refractivity contribution in [2.75, 3.05) is 23.4 Å². The van der Waals surface area contributed by atoms with E-state index in [1.165, 1.54) is 17.9 Å². The van der Waals surface area contributed by atoms with Crippen molar-refractivity contribution in [3.63, 3.8) is 0 Å². The van der Waals surface area contributed by atoms with E-state index in [0.29, 0.717) is 27.1 Å². The van der Waals surface area contributed by atoms with Gasteiger partial charge in [-0.3, -0.25) is 13.9 Å². The van der Waals surface area contributed by atoms with Gasteiger partial charge in [0, 0.05) is 35.1 Å². The Balaban J connectivity index is 1.77. The number of amides is 2. The Labute approximate surface area is 256 Å². The van der Waals surface area contributed by atoms with E-state index in [1.807, 2.05) is 44.2 Å². The molecule has 4 rings (SSSR count). The molecule has 0 saturated carbocycles. The van der Waals surface area contributed by atoms with E-state index in [1.54, 1.807) is 30.3 Å². The average molecular weight is 635 g/mol. The Bertz CT molecular complexity index is 1540. The van der Waals surface area contributed by atoms with Crippen molar-refractivity contribution in [1.82, 2.24) is 10.2 Å². The van der Waals surface area contributed by atoms with Gasteiger partial charge in [0.1, 0.15) is 12.6 Å². The van der Waals surface area contributed by atoms with E-state index in [2.05, 4.69) is 5.32 Å². The Morgan fingerprint density at radius 1 is 0.976 bits per heavy atom. The van der Waals surface area contributed by atoms with Crippen molar-refractivity contribution in [2.45, 2.75) is 45.8 Å². The van der Waals surface area contributed by atoms with E-state index < -0.39 is 28.5 Å². The van der Waals surface area contributed by atoms with Gasteiger partial charge in [0.05, 0.1) is 11.4 Å². The molecule has 1 heterocycles. The van der Waals surface area contributed by atoms with Crippen LogP contribution in [0.1, 0.15) is 31.9 Å². The molecule has 0 unspecified atom stereocenters. The van der Waals surface area contributed by atoms with Crippen molar-refractivity contribution >= 4 is 50.7 Å². The number of nitrogens with one attached hydrogen (secondary N) is 1. The minimum Gasteiger partial charge on any atom is -0.454 e. The van der Waals surface area contributed by atoms with Crippen LogP contribution in [-0.4, -0.2) is 56.3 Å². The van der Waals surface area contributed by atoms with Gasteiger partial charge in [-0.2, -0.15) is 0 Å². The lowest BCUT2D eigenvalue weighted by atomic mass is 10.0. The van der Waals surface area contributed by atoms with Gasteiger partial charge in [-0.15, -0.1) is 0 Å². The molecule has 1 aliphatic rings. The summed E-state index contributed by atoms with van der Waals surface area (Å²) in [7, 11) is -3.92. The largest absolute Gasteiger partial charge is 0.454 e. The summed E-state index contributed by atoms with van der Waals surface area (Å²) in [6.07, 6.45) is 0.195. The summed E-state index contributed by atoms with van der Waals surface area (Å²) >= 11 is 12.6. The minimum absolute atomic E-state index is 0.0139. The van der Waals surface area contributed by atoms with Crippen LogP contribution in [0, 0.1) is 0 Å². The molecule has 0 saturated heterocycles. The predicted molar refractivity (Wildman–Crippen MR) is 164 cm³/mol. The Kier molecular flexibility index (Phi) is 10.2. The molecule has 12 heteroatoms. The summed E-state index contributed by atoms with van der Waals surface area (Å²) in [4.78, 5) is 29.3. The third-order valence-corrected chi connectivity index (χ3v) is 9.01. The summed E-state index contributed by atoms with van der Waals surface area (Å²) in [6, 6.07) is 17.7. The highest BCUT2D eigenvalue weighted by Crippen LogP contribution is 2.36. The second-order valence-electron chi connectivity index (χ2n) is 10.1. The quantitative estimate of drug-likeness (QED) is 0.299. The summed E-state index contributed by atoms with van der Waals surface area (Å²) in [6.45, 7) is 4.56. The number of halogens is 2. The van der Waals surface area contributed by atoms with Crippen LogP contribution in [0.2, 0.25) is 10.0 Å². The van der Waals surface area contributed by atoms with Crippen LogP contribution >= 0.6 is 23.2 Å². The summed E-state index contributed by atoms with van der Waals surface area (Å²) < 4.78 is 38.5. The minimum atomic E-state index is -3.92. The molecule has 1 N–H and O–H groups in total. The van der Waals surface area contributed by atoms with Crippen molar-refractivity contribution in [3.8, 4) is 11.5 Å². The molecule has 1 atom stereocenters. The molecule has 0 spiro atoms. The van der Waals surface area contributed by atoms with Crippen LogP contribution in [0.4, 0.5) is 5.69 Å². The second-order valence-corrected chi connectivity index (χ2v) is 13.1. The smallest absolute Gasteiger partial charge is 0.244 e. The summed E-state index contributed by atoms with van der Waals surface area (Å²) in [5, 5.41) is 3.65. The molecule has 3 aromatic rings. The van der Waals surface area contributed by atoms with Crippen LogP contribution in [0.3, 0.4) is 0 Å². The molecule has 0 radical (unpaired) electrons. The van der Waals surface area contributed by atoms with Crippen LogP contribution in [-0.2, 0) is 32.6 Å².